The van der Waals surface area contributed by atoms with Crippen molar-refractivity contribution < 1.29 is 31.4 Å². The molecular weight excluding hydrogens is 475 g/mol. The van der Waals surface area contributed by atoms with E-state index in [-0.39, 0.29) is 11.4 Å². The molecule has 0 saturated heterocycles. The first-order chi connectivity index (χ1) is 15.6. The quantitative estimate of drug-likeness (QED) is 0.306. The van der Waals surface area contributed by atoms with E-state index in [1.165, 1.54) is 30.0 Å². The smallest absolute Gasteiger partial charge is 0.506 e. The van der Waals surface area contributed by atoms with Gasteiger partial charge in [-0.15, -0.1) is 13.2 Å². The minimum absolute atomic E-state index is 0.0387. The highest BCUT2D eigenvalue weighted by Gasteiger charge is 2.34. The van der Waals surface area contributed by atoms with Crippen molar-refractivity contribution >= 4 is 38.2 Å². The van der Waals surface area contributed by atoms with Gasteiger partial charge in [0.05, 0.1) is 10.6 Å². The molecule has 0 saturated carbocycles. The number of aromatic hydroxyl groups is 1. The van der Waals surface area contributed by atoms with E-state index in [9.17, 15) is 26.7 Å². The Morgan fingerprint density at radius 2 is 1.45 bits per heavy atom. The van der Waals surface area contributed by atoms with E-state index < -0.39 is 27.0 Å². The van der Waals surface area contributed by atoms with E-state index in [1.807, 2.05) is 30.3 Å². The van der Waals surface area contributed by atoms with Crippen LogP contribution in [0.3, 0.4) is 0 Å². The second-order valence-corrected chi connectivity index (χ2v) is 9.60. The highest BCUT2D eigenvalue weighted by molar-refractivity contribution is 7.99. The summed E-state index contributed by atoms with van der Waals surface area (Å²) in [6, 6.07) is 21.6. The van der Waals surface area contributed by atoms with Gasteiger partial charge in [0.1, 0.15) is 16.4 Å². The van der Waals surface area contributed by atoms with Gasteiger partial charge in [-0.2, -0.15) is 0 Å². The summed E-state index contributed by atoms with van der Waals surface area (Å²) in [5, 5.41) is 11.5. The molecule has 0 heterocycles. The predicted molar refractivity (Wildman–Crippen MR) is 120 cm³/mol. The fraction of sp³-hybridized carbons (Fsp3) is 0.0435. The first kappa shape index (κ1) is 22.8. The first-order valence-corrected chi connectivity index (χ1v) is 11.8. The molecule has 4 aromatic carbocycles. The average molecular weight is 492 g/mol. The lowest BCUT2D eigenvalue weighted by Gasteiger charge is -2.17. The molecule has 5 nitrogen and oxygen atoms in total. The van der Waals surface area contributed by atoms with Crippen LogP contribution < -0.4 is 9.46 Å². The minimum atomic E-state index is -5.06. The number of rotatable bonds is 6. The van der Waals surface area contributed by atoms with Crippen LogP contribution in [0.5, 0.6) is 11.5 Å². The summed E-state index contributed by atoms with van der Waals surface area (Å²) in [6.07, 6.45) is -5.06. The number of anilines is 1. The number of benzene rings is 4. The minimum Gasteiger partial charge on any atom is -0.506 e. The van der Waals surface area contributed by atoms with Crippen molar-refractivity contribution in [3.63, 3.8) is 0 Å². The van der Waals surface area contributed by atoms with Gasteiger partial charge in [-0.25, -0.2) is 8.42 Å². The van der Waals surface area contributed by atoms with E-state index in [4.69, 9.17) is 0 Å². The van der Waals surface area contributed by atoms with Crippen LogP contribution in [0.15, 0.2) is 99.6 Å². The molecule has 0 fully saturated rings. The van der Waals surface area contributed by atoms with E-state index in [2.05, 4.69) is 9.46 Å². The lowest BCUT2D eigenvalue weighted by atomic mass is 10.1. The highest BCUT2D eigenvalue weighted by atomic mass is 32.2. The van der Waals surface area contributed by atoms with E-state index in [0.717, 1.165) is 17.0 Å². The Kier molecular flexibility index (Phi) is 6.13. The second kappa shape index (κ2) is 8.87. The van der Waals surface area contributed by atoms with Crippen molar-refractivity contribution in [3.8, 4) is 11.5 Å². The van der Waals surface area contributed by atoms with Crippen LogP contribution in [0.1, 0.15) is 0 Å². The number of hydrogen-bond acceptors (Lipinski definition) is 5. The monoisotopic (exact) mass is 491 g/mol. The first-order valence-electron chi connectivity index (χ1n) is 9.49. The van der Waals surface area contributed by atoms with Crippen LogP contribution in [0.25, 0.3) is 10.8 Å². The van der Waals surface area contributed by atoms with Gasteiger partial charge < -0.3 is 9.84 Å². The number of phenols is 1. The Morgan fingerprint density at radius 3 is 2.15 bits per heavy atom. The summed E-state index contributed by atoms with van der Waals surface area (Å²) in [5.41, 5.74) is 0.101. The number of sulfonamides is 1. The SMILES string of the molecule is O=S(=O)(Nc1cc(Sc2ccccc2)c(O)c2ccccc12)c1ccccc1OC(F)(F)F. The zero-order chi connectivity index (χ0) is 23.6. The van der Waals surface area contributed by atoms with E-state index >= 15 is 0 Å². The Labute approximate surface area is 191 Å². The number of halogens is 3. The average Bonchev–Trinajstić information content (AvgIpc) is 2.77. The van der Waals surface area contributed by atoms with Crippen LogP contribution in [0.2, 0.25) is 0 Å². The standard InChI is InChI=1S/C23H16F3NO4S2/c24-23(25,26)31-19-12-6-7-13-21(19)33(29,30)27-18-14-20(32-15-8-2-1-3-9-15)22(28)17-11-5-4-10-16(17)18/h1-14,27-28H. The van der Waals surface area contributed by atoms with Crippen LogP contribution in [-0.2, 0) is 10.0 Å². The van der Waals surface area contributed by atoms with Crippen LogP contribution in [-0.4, -0.2) is 19.9 Å². The van der Waals surface area contributed by atoms with Crippen molar-refractivity contribution in [2.24, 2.45) is 0 Å². The van der Waals surface area contributed by atoms with Crippen LogP contribution >= 0.6 is 11.8 Å². The molecule has 4 rings (SSSR count). The molecule has 33 heavy (non-hydrogen) atoms. The van der Waals surface area contributed by atoms with E-state index in [0.29, 0.717) is 15.7 Å². The molecule has 170 valence electrons. The lowest BCUT2D eigenvalue weighted by molar-refractivity contribution is -0.275. The highest BCUT2D eigenvalue weighted by Crippen LogP contribution is 2.43. The van der Waals surface area contributed by atoms with Crippen molar-refractivity contribution in [1.29, 1.82) is 0 Å². The maximum absolute atomic E-state index is 13.1. The Balaban J connectivity index is 1.80. The van der Waals surface area contributed by atoms with Crippen molar-refractivity contribution in [3.05, 3.63) is 84.9 Å². The fourth-order valence-electron chi connectivity index (χ4n) is 3.19. The summed E-state index contributed by atoms with van der Waals surface area (Å²) in [7, 11) is -4.48. The Morgan fingerprint density at radius 1 is 0.848 bits per heavy atom. The molecule has 10 heteroatoms. The molecular formula is C23H16F3NO4S2. The summed E-state index contributed by atoms with van der Waals surface area (Å²) in [4.78, 5) is 0.509. The largest absolute Gasteiger partial charge is 0.573 e. The molecule has 0 aliphatic heterocycles. The summed E-state index contributed by atoms with van der Waals surface area (Å²) in [6.45, 7) is 0. The molecule has 0 aliphatic carbocycles. The third-order valence-corrected chi connectivity index (χ3v) is 7.00. The molecule has 0 amide bonds. The fourth-order valence-corrected chi connectivity index (χ4v) is 5.32. The number of para-hydroxylation sites is 1. The number of alkyl halides is 3. The number of hydrogen-bond donors (Lipinski definition) is 2. The van der Waals surface area contributed by atoms with Gasteiger partial charge in [0.2, 0.25) is 0 Å². The van der Waals surface area contributed by atoms with Gasteiger partial charge in [0.25, 0.3) is 10.0 Å². The van der Waals surface area contributed by atoms with Gasteiger partial charge in [-0.3, -0.25) is 4.72 Å². The molecule has 0 aliphatic rings. The molecule has 0 aromatic heterocycles. The Bertz CT molecular complexity index is 1410. The Hall–Kier alpha value is -3.37. The summed E-state index contributed by atoms with van der Waals surface area (Å²) >= 11 is 1.22. The number of ether oxygens (including phenoxy) is 1. The molecule has 0 spiro atoms. The number of phenolic OH excluding ortho intramolecular Hbond substituents is 1. The van der Waals surface area contributed by atoms with Crippen molar-refractivity contribution in [1.82, 2.24) is 0 Å². The number of nitrogens with one attached hydrogen (secondary N) is 1. The van der Waals surface area contributed by atoms with Gasteiger partial charge in [0.15, 0.2) is 0 Å². The molecule has 0 radical (unpaired) electrons. The maximum atomic E-state index is 13.1. The molecule has 0 atom stereocenters. The van der Waals surface area contributed by atoms with Crippen LogP contribution in [0.4, 0.5) is 18.9 Å². The normalized spacial score (nSPS) is 12.0. The predicted octanol–water partition coefficient (Wildman–Crippen LogP) is 6.40. The lowest BCUT2D eigenvalue weighted by Crippen LogP contribution is -2.21. The zero-order valence-corrected chi connectivity index (χ0v) is 18.3. The van der Waals surface area contributed by atoms with Crippen LogP contribution in [0, 0.1) is 0 Å². The molecule has 2 N–H and O–H groups in total. The van der Waals surface area contributed by atoms with E-state index in [1.54, 1.807) is 24.3 Å². The van der Waals surface area contributed by atoms with Gasteiger partial charge >= 0.3 is 6.36 Å². The number of fused-ring (bicyclic) bond motifs is 1. The summed E-state index contributed by atoms with van der Waals surface area (Å²) in [5.74, 6) is -0.886. The van der Waals surface area contributed by atoms with Crippen molar-refractivity contribution in [2.75, 3.05) is 4.72 Å². The molecule has 4 aromatic rings. The topological polar surface area (TPSA) is 75.6 Å². The second-order valence-electron chi connectivity index (χ2n) is 6.83. The van der Waals surface area contributed by atoms with Gasteiger partial charge in [0, 0.05) is 15.7 Å². The molecule has 0 bridgehead atoms. The summed E-state index contributed by atoms with van der Waals surface area (Å²) < 4.78 is 70.8. The van der Waals surface area contributed by atoms with Gasteiger partial charge in [-0.05, 0) is 30.3 Å². The third-order valence-electron chi connectivity index (χ3n) is 4.56. The van der Waals surface area contributed by atoms with Crippen molar-refractivity contribution in [2.45, 2.75) is 21.0 Å². The molecule has 0 unspecified atom stereocenters. The third kappa shape index (κ3) is 5.18. The zero-order valence-electron chi connectivity index (χ0n) is 16.7. The maximum Gasteiger partial charge on any atom is 0.573 e. The van der Waals surface area contributed by atoms with Gasteiger partial charge in [-0.1, -0.05) is 66.4 Å².